The Labute approximate surface area is 103 Å². The van der Waals surface area contributed by atoms with E-state index in [1.54, 1.807) is 24.8 Å². The Hall–Kier alpha value is -1.69. The fourth-order valence-corrected chi connectivity index (χ4v) is 2.25. The Morgan fingerprint density at radius 1 is 1.53 bits per heavy atom. The van der Waals surface area contributed by atoms with Crippen molar-refractivity contribution in [3.05, 3.63) is 23.6 Å². The molecule has 2 rings (SSSR count). The number of esters is 1. The monoisotopic (exact) mass is 251 g/mol. The molecule has 17 heavy (non-hydrogen) atoms. The molecule has 0 saturated carbocycles. The van der Waals surface area contributed by atoms with Gasteiger partial charge in [-0.1, -0.05) is 0 Å². The molecule has 0 radical (unpaired) electrons. The average molecular weight is 251 g/mol. The van der Waals surface area contributed by atoms with Gasteiger partial charge >= 0.3 is 5.97 Å². The summed E-state index contributed by atoms with van der Waals surface area (Å²) in [5, 5.41) is 2.49. The molecular weight excluding hydrogens is 238 g/mol. The molecule has 0 aliphatic carbocycles. The van der Waals surface area contributed by atoms with Crippen LogP contribution in [0.25, 0.3) is 10.7 Å². The summed E-state index contributed by atoms with van der Waals surface area (Å²) in [6, 6.07) is 0. The minimum atomic E-state index is -0.377. The first-order valence-corrected chi connectivity index (χ1v) is 6.27. The van der Waals surface area contributed by atoms with Crippen LogP contribution in [0.5, 0.6) is 0 Å². The number of rotatable bonds is 4. The summed E-state index contributed by atoms with van der Waals surface area (Å²) in [7, 11) is 0. The smallest absolute Gasteiger partial charge is 0.357 e. The molecule has 0 unspecified atom stereocenters. The Balaban J connectivity index is 2.27. The van der Waals surface area contributed by atoms with Gasteiger partial charge in [-0.3, -0.25) is 0 Å². The molecule has 0 fully saturated rings. The SMILES string of the molecule is CCOC(=O)c1csc(-c2cncn2CC)n1. The van der Waals surface area contributed by atoms with Gasteiger partial charge in [0.25, 0.3) is 0 Å². The fraction of sp³-hybridized carbons (Fsp3) is 0.364. The third kappa shape index (κ3) is 2.36. The van der Waals surface area contributed by atoms with E-state index in [4.69, 9.17) is 4.74 Å². The molecular formula is C11H13N3O2S. The van der Waals surface area contributed by atoms with Gasteiger partial charge in [0, 0.05) is 11.9 Å². The second-order valence-corrected chi connectivity index (χ2v) is 4.18. The summed E-state index contributed by atoms with van der Waals surface area (Å²) in [5.74, 6) is -0.377. The number of imidazole rings is 1. The first-order chi connectivity index (χ1) is 8.26. The van der Waals surface area contributed by atoms with Crippen LogP contribution in [0.3, 0.4) is 0 Å². The Kier molecular flexibility index (Phi) is 3.53. The number of hydrogen-bond acceptors (Lipinski definition) is 5. The van der Waals surface area contributed by atoms with Crippen LogP contribution in [0.2, 0.25) is 0 Å². The highest BCUT2D eigenvalue weighted by atomic mass is 32.1. The predicted octanol–water partition coefficient (Wildman–Crippen LogP) is 2.20. The van der Waals surface area contributed by atoms with Gasteiger partial charge in [-0.05, 0) is 13.8 Å². The van der Waals surface area contributed by atoms with E-state index in [9.17, 15) is 4.79 Å². The highest BCUT2D eigenvalue weighted by molar-refractivity contribution is 7.13. The van der Waals surface area contributed by atoms with Crippen LogP contribution < -0.4 is 0 Å². The van der Waals surface area contributed by atoms with Crippen LogP contribution in [-0.4, -0.2) is 27.1 Å². The first kappa shape index (κ1) is 11.8. The molecule has 0 saturated heterocycles. The highest BCUT2D eigenvalue weighted by Crippen LogP contribution is 2.23. The Morgan fingerprint density at radius 2 is 2.35 bits per heavy atom. The first-order valence-electron chi connectivity index (χ1n) is 5.39. The molecule has 6 heteroatoms. The molecule has 5 nitrogen and oxygen atoms in total. The van der Waals surface area contributed by atoms with E-state index in [1.807, 2.05) is 11.5 Å². The van der Waals surface area contributed by atoms with Gasteiger partial charge in [0.2, 0.25) is 0 Å². The van der Waals surface area contributed by atoms with E-state index in [0.717, 1.165) is 17.2 Å². The molecule has 90 valence electrons. The minimum Gasteiger partial charge on any atom is -0.461 e. The standard InChI is InChI=1S/C11H13N3O2S/c1-3-14-7-12-5-9(14)10-13-8(6-17-10)11(15)16-4-2/h5-7H,3-4H2,1-2H3. The molecule has 0 N–H and O–H groups in total. The summed E-state index contributed by atoms with van der Waals surface area (Å²) in [6.07, 6.45) is 3.50. The lowest BCUT2D eigenvalue weighted by Crippen LogP contribution is -2.05. The predicted molar refractivity (Wildman–Crippen MR) is 65.0 cm³/mol. The Bertz CT molecular complexity index is 518. The van der Waals surface area contributed by atoms with Crippen LogP contribution >= 0.6 is 11.3 Å². The maximum Gasteiger partial charge on any atom is 0.357 e. The number of carbonyl (C=O) groups is 1. The van der Waals surface area contributed by atoms with Crippen molar-refractivity contribution in [2.75, 3.05) is 6.61 Å². The van der Waals surface area contributed by atoms with Crippen molar-refractivity contribution in [2.24, 2.45) is 0 Å². The number of hydrogen-bond donors (Lipinski definition) is 0. The maximum atomic E-state index is 11.5. The van der Waals surface area contributed by atoms with Crippen molar-refractivity contribution in [2.45, 2.75) is 20.4 Å². The van der Waals surface area contributed by atoms with Crippen LogP contribution in [-0.2, 0) is 11.3 Å². The minimum absolute atomic E-state index is 0.357. The van der Waals surface area contributed by atoms with Crippen LogP contribution in [0, 0.1) is 0 Å². The summed E-state index contributed by atoms with van der Waals surface area (Å²) in [5.41, 5.74) is 1.28. The quantitative estimate of drug-likeness (QED) is 0.782. The van der Waals surface area contributed by atoms with Gasteiger partial charge in [0.1, 0.15) is 5.01 Å². The zero-order valence-electron chi connectivity index (χ0n) is 9.71. The van der Waals surface area contributed by atoms with Crippen molar-refractivity contribution in [3.8, 4) is 10.7 Å². The van der Waals surface area contributed by atoms with Crippen LogP contribution in [0.1, 0.15) is 24.3 Å². The molecule has 2 aromatic heterocycles. The van der Waals surface area contributed by atoms with Gasteiger partial charge < -0.3 is 9.30 Å². The van der Waals surface area contributed by atoms with Crippen molar-refractivity contribution < 1.29 is 9.53 Å². The largest absolute Gasteiger partial charge is 0.461 e. The molecule has 0 spiro atoms. The van der Waals surface area contributed by atoms with Crippen LogP contribution in [0.15, 0.2) is 17.9 Å². The van der Waals surface area contributed by atoms with Crippen LogP contribution in [0.4, 0.5) is 0 Å². The van der Waals surface area contributed by atoms with Crippen molar-refractivity contribution >= 4 is 17.3 Å². The summed E-state index contributed by atoms with van der Waals surface area (Å²) < 4.78 is 6.88. The number of aromatic nitrogens is 3. The second-order valence-electron chi connectivity index (χ2n) is 3.32. The molecule has 0 aromatic carbocycles. The number of aryl methyl sites for hydroxylation is 1. The maximum absolute atomic E-state index is 11.5. The van der Waals surface area contributed by atoms with E-state index in [0.29, 0.717) is 12.3 Å². The van der Waals surface area contributed by atoms with E-state index < -0.39 is 0 Å². The average Bonchev–Trinajstić information content (AvgIpc) is 2.97. The fourth-order valence-electron chi connectivity index (χ4n) is 1.44. The number of carbonyl (C=O) groups excluding carboxylic acids is 1. The van der Waals surface area contributed by atoms with Gasteiger partial charge in [-0.25, -0.2) is 14.8 Å². The normalized spacial score (nSPS) is 10.5. The van der Waals surface area contributed by atoms with E-state index in [-0.39, 0.29) is 5.97 Å². The molecule has 2 aromatic rings. The lowest BCUT2D eigenvalue weighted by Gasteiger charge is -2.00. The summed E-state index contributed by atoms with van der Waals surface area (Å²) in [4.78, 5) is 19.8. The van der Waals surface area contributed by atoms with Crippen molar-refractivity contribution in [1.29, 1.82) is 0 Å². The van der Waals surface area contributed by atoms with E-state index >= 15 is 0 Å². The topological polar surface area (TPSA) is 57.0 Å². The third-order valence-corrected chi connectivity index (χ3v) is 3.13. The lowest BCUT2D eigenvalue weighted by atomic mass is 10.4. The van der Waals surface area contributed by atoms with E-state index in [2.05, 4.69) is 9.97 Å². The molecule has 0 bridgehead atoms. The molecule has 0 aliphatic rings. The van der Waals surface area contributed by atoms with Gasteiger partial charge in [0.05, 0.1) is 24.8 Å². The van der Waals surface area contributed by atoms with Gasteiger partial charge in [0.15, 0.2) is 5.69 Å². The molecule has 0 amide bonds. The molecule has 0 aliphatic heterocycles. The molecule has 0 atom stereocenters. The zero-order valence-corrected chi connectivity index (χ0v) is 10.5. The van der Waals surface area contributed by atoms with Gasteiger partial charge in [-0.15, -0.1) is 11.3 Å². The Morgan fingerprint density at radius 3 is 3.06 bits per heavy atom. The van der Waals surface area contributed by atoms with Crippen molar-refractivity contribution in [1.82, 2.24) is 14.5 Å². The number of thiazole rings is 1. The second kappa shape index (κ2) is 5.09. The summed E-state index contributed by atoms with van der Waals surface area (Å²) in [6.45, 7) is 4.99. The van der Waals surface area contributed by atoms with Crippen molar-refractivity contribution in [3.63, 3.8) is 0 Å². The summed E-state index contributed by atoms with van der Waals surface area (Å²) >= 11 is 1.42. The van der Waals surface area contributed by atoms with Gasteiger partial charge in [-0.2, -0.15) is 0 Å². The highest BCUT2D eigenvalue weighted by Gasteiger charge is 2.14. The van der Waals surface area contributed by atoms with E-state index in [1.165, 1.54) is 11.3 Å². The zero-order chi connectivity index (χ0) is 12.3. The number of ether oxygens (including phenoxy) is 1. The lowest BCUT2D eigenvalue weighted by molar-refractivity contribution is 0.0520. The number of nitrogens with zero attached hydrogens (tertiary/aromatic N) is 3. The third-order valence-electron chi connectivity index (χ3n) is 2.26. The molecule has 2 heterocycles.